The van der Waals surface area contributed by atoms with E-state index in [0.29, 0.717) is 6.54 Å². The molecule has 0 aromatic rings. The van der Waals surface area contributed by atoms with E-state index in [0.717, 1.165) is 12.8 Å². The molecular weight excluding hydrogens is 206 g/mol. The van der Waals surface area contributed by atoms with E-state index < -0.39 is 22.5 Å². The van der Waals surface area contributed by atoms with Crippen molar-refractivity contribution in [2.75, 3.05) is 18.1 Å². The lowest BCUT2D eigenvalue weighted by atomic mass is 10.3. The summed E-state index contributed by atoms with van der Waals surface area (Å²) >= 11 is 0. The number of amides is 1. The second-order valence-electron chi connectivity index (χ2n) is 2.83. The summed E-state index contributed by atoms with van der Waals surface area (Å²) in [5.41, 5.74) is 0. The predicted octanol–water partition coefficient (Wildman–Crippen LogP) is -0.264. The summed E-state index contributed by atoms with van der Waals surface area (Å²) in [5, 5.41) is 10.8. The van der Waals surface area contributed by atoms with Gasteiger partial charge in [0.15, 0.2) is 0 Å². The number of hydrogen-bond donors (Lipinski definition) is 2. The number of unbranched alkanes of at least 4 members (excludes halogenated alkanes) is 1. The molecule has 0 aromatic heterocycles. The lowest BCUT2D eigenvalue weighted by Gasteiger charge is -2.02. The van der Waals surface area contributed by atoms with E-state index in [1.807, 2.05) is 6.92 Å². The highest BCUT2D eigenvalue weighted by molar-refractivity contribution is 7.86. The Kier molecular flexibility index (Phi) is 7.00. The molecule has 0 rings (SSSR count). The predicted molar refractivity (Wildman–Crippen MR) is 53.4 cm³/mol. The molecule has 0 aliphatic rings. The maximum Gasteiger partial charge on any atom is 0.316 e. The van der Waals surface area contributed by atoms with Crippen molar-refractivity contribution in [1.29, 1.82) is 0 Å². The average Bonchev–Trinajstić information content (AvgIpc) is 2.02. The molecule has 0 aromatic carbocycles. The SMILES string of the molecule is CCCCNC(=O)CS(=O)CC(=O)O. The lowest BCUT2D eigenvalue weighted by molar-refractivity contribution is -0.133. The van der Waals surface area contributed by atoms with Crippen molar-refractivity contribution in [3.8, 4) is 0 Å². The maximum absolute atomic E-state index is 11.0. The first kappa shape index (κ1) is 13.1. The molecule has 0 saturated carbocycles. The molecule has 0 saturated heterocycles. The minimum absolute atomic E-state index is 0.226. The van der Waals surface area contributed by atoms with Gasteiger partial charge < -0.3 is 10.4 Å². The third kappa shape index (κ3) is 7.72. The summed E-state index contributed by atoms with van der Waals surface area (Å²) < 4.78 is 11.0. The van der Waals surface area contributed by atoms with Crippen molar-refractivity contribution in [1.82, 2.24) is 5.32 Å². The van der Waals surface area contributed by atoms with Crippen LogP contribution in [0.25, 0.3) is 0 Å². The third-order valence-corrected chi connectivity index (χ3v) is 2.58. The zero-order valence-electron chi connectivity index (χ0n) is 8.12. The van der Waals surface area contributed by atoms with Crippen LogP contribution in [0.4, 0.5) is 0 Å². The van der Waals surface area contributed by atoms with E-state index in [1.165, 1.54) is 0 Å². The highest BCUT2D eigenvalue weighted by Crippen LogP contribution is 1.85. The highest BCUT2D eigenvalue weighted by Gasteiger charge is 2.10. The molecular formula is C8H15NO4S. The van der Waals surface area contributed by atoms with Gasteiger partial charge in [-0.3, -0.25) is 13.8 Å². The summed E-state index contributed by atoms with van der Waals surface area (Å²) in [6, 6.07) is 0. The largest absolute Gasteiger partial charge is 0.481 e. The van der Waals surface area contributed by atoms with Crippen LogP contribution in [0.2, 0.25) is 0 Å². The molecule has 1 unspecified atom stereocenters. The molecule has 6 heteroatoms. The van der Waals surface area contributed by atoms with Gasteiger partial charge in [0.1, 0.15) is 11.5 Å². The molecule has 1 atom stereocenters. The molecule has 0 aliphatic heterocycles. The molecule has 82 valence electrons. The molecule has 5 nitrogen and oxygen atoms in total. The van der Waals surface area contributed by atoms with Crippen LogP contribution in [-0.2, 0) is 20.4 Å². The van der Waals surface area contributed by atoms with E-state index >= 15 is 0 Å². The number of hydrogen-bond acceptors (Lipinski definition) is 3. The van der Waals surface area contributed by atoms with E-state index in [4.69, 9.17) is 5.11 Å². The van der Waals surface area contributed by atoms with Gasteiger partial charge in [0.05, 0.1) is 0 Å². The number of carbonyl (C=O) groups is 2. The summed E-state index contributed by atoms with van der Waals surface area (Å²) in [4.78, 5) is 21.1. The van der Waals surface area contributed by atoms with Crippen LogP contribution in [0, 0.1) is 0 Å². The van der Waals surface area contributed by atoms with Crippen LogP contribution in [0.5, 0.6) is 0 Å². The lowest BCUT2D eigenvalue weighted by Crippen LogP contribution is -2.30. The number of rotatable bonds is 7. The van der Waals surface area contributed by atoms with E-state index in [1.54, 1.807) is 0 Å². The van der Waals surface area contributed by atoms with Gasteiger partial charge in [-0.2, -0.15) is 0 Å². The first-order valence-electron chi connectivity index (χ1n) is 4.39. The monoisotopic (exact) mass is 221 g/mol. The van der Waals surface area contributed by atoms with Gasteiger partial charge in [-0.15, -0.1) is 0 Å². The number of carbonyl (C=O) groups excluding carboxylic acids is 1. The quantitative estimate of drug-likeness (QED) is 0.580. The van der Waals surface area contributed by atoms with Crippen LogP contribution in [0.1, 0.15) is 19.8 Å². The Bertz CT molecular complexity index is 229. The Hall–Kier alpha value is -0.910. The van der Waals surface area contributed by atoms with Crippen molar-refractivity contribution >= 4 is 22.7 Å². The smallest absolute Gasteiger partial charge is 0.316 e. The molecule has 0 spiro atoms. The van der Waals surface area contributed by atoms with Crippen LogP contribution in [0.3, 0.4) is 0 Å². The molecule has 14 heavy (non-hydrogen) atoms. The van der Waals surface area contributed by atoms with Crippen molar-refractivity contribution in [3.05, 3.63) is 0 Å². The van der Waals surface area contributed by atoms with Gasteiger partial charge in [-0.25, -0.2) is 0 Å². The average molecular weight is 221 g/mol. The van der Waals surface area contributed by atoms with Crippen molar-refractivity contribution in [2.24, 2.45) is 0 Å². The Balaban J connectivity index is 3.61. The Morgan fingerprint density at radius 3 is 2.50 bits per heavy atom. The highest BCUT2D eigenvalue weighted by atomic mass is 32.2. The van der Waals surface area contributed by atoms with Crippen molar-refractivity contribution in [2.45, 2.75) is 19.8 Å². The first-order chi connectivity index (χ1) is 6.56. The topological polar surface area (TPSA) is 83.5 Å². The molecule has 0 fully saturated rings. The second-order valence-corrected chi connectivity index (χ2v) is 4.28. The fourth-order valence-electron chi connectivity index (χ4n) is 0.791. The van der Waals surface area contributed by atoms with Gasteiger partial charge >= 0.3 is 5.97 Å². The fourth-order valence-corrected chi connectivity index (χ4v) is 1.56. The van der Waals surface area contributed by atoms with Gasteiger partial charge in [0.25, 0.3) is 0 Å². The number of aliphatic carboxylic acids is 1. The second kappa shape index (κ2) is 7.49. The van der Waals surface area contributed by atoms with Crippen LogP contribution in [-0.4, -0.2) is 39.2 Å². The van der Waals surface area contributed by atoms with Gasteiger partial charge in [-0.05, 0) is 6.42 Å². The normalized spacial score (nSPS) is 12.1. The molecule has 0 aliphatic carbocycles. The minimum atomic E-state index is -1.60. The summed E-state index contributed by atoms with van der Waals surface area (Å²) in [6.45, 7) is 2.55. The van der Waals surface area contributed by atoms with Crippen LogP contribution in [0.15, 0.2) is 0 Å². The van der Waals surface area contributed by atoms with Gasteiger partial charge in [-0.1, -0.05) is 13.3 Å². The zero-order valence-corrected chi connectivity index (χ0v) is 8.93. The van der Waals surface area contributed by atoms with Gasteiger partial charge in [0, 0.05) is 17.3 Å². The summed E-state index contributed by atoms with van der Waals surface area (Å²) in [7, 11) is -1.60. The number of carboxylic acid groups (broad SMARTS) is 1. The minimum Gasteiger partial charge on any atom is -0.481 e. The maximum atomic E-state index is 11.0. The molecule has 0 heterocycles. The molecule has 0 bridgehead atoms. The first-order valence-corrected chi connectivity index (χ1v) is 5.88. The molecule has 0 radical (unpaired) electrons. The Morgan fingerprint density at radius 1 is 1.36 bits per heavy atom. The van der Waals surface area contributed by atoms with E-state index in [9.17, 15) is 13.8 Å². The van der Waals surface area contributed by atoms with Crippen LogP contribution < -0.4 is 5.32 Å². The molecule has 2 N–H and O–H groups in total. The number of carboxylic acids is 1. The van der Waals surface area contributed by atoms with E-state index in [2.05, 4.69) is 5.32 Å². The standard InChI is InChI=1S/C8H15NO4S/c1-2-3-4-9-7(10)5-14(13)6-8(11)12/h2-6H2,1H3,(H,9,10)(H,11,12). The van der Waals surface area contributed by atoms with Gasteiger partial charge in [0.2, 0.25) is 5.91 Å². The Morgan fingerprint density at radius 2 is 2.00 bits per heavy atom. The molecule has 1 amide bonds. The zero-order chi connectivity index (χ0) is 11.0. The van der Waals surface area contributed by atoms with E-state index in [-0.39, 0.29) is 11.7 Å². The number of nitrogens with one attached hydrogen (secondary N) is 1. The Labute approximate surface area is 85.3 Å². The summed E-state index contributed by atoms with van der Waals surface area (Å²) in [6.07, 6.45) is 1.84. The summed E-state index contributed by atoms with van der Waals surface area (Å²) in [5.74, 6) is -2.19. The van der Waals surface area contributed by atoms with Crippen LogP contribution >= 0.6 is 0 Å². The van der Waals surface area contributed by atoms with Crippen molar-refractivity contribution in [3.63, 3.8) is 0 Å². The van der Waals surface area contributed by atoms with Crippen molar-refractivity contribution < 1.29 is 18.9 Å². The fraction of sp³-hybridized carbons (Fsp3) is 0.750. The third-order valence-electron chi connectivity index (χ3n) is 1.43.